The van der Waals surface area contributed by atoms with Crippen molar-refractivity contribution in [1.29, 1.82) is 0 Å². The third-order valence-electron chi connectivity index (χ3n) is 3.46. The van der Waals surface area contributed by atoms with Crippen LogP contribution in [0.25, 0.3) is 0 Å². The summed E-state index contributed by atoms with van der Waals surface area (Å²) in [6.07, 6.45) is 1.41. The molecule has 0 spiro atoms. The van der Waals surface area contributed by atoms with E-state index in [9.17, 15) is 9.18 Å². The van der Waals surface area contributed by atoms with Gasteiger partial charge in [0.05, 0.1) is 6.21 Å². The van der Waals surface area contributed by atoms with Gasteiger partial charge in [0.1, 0.15) is 17.3 Å². The van der Waals surface area contributed by atoms with Crippen LogP contribution in [-0.2, 0) is 9.63 Å². The van der Waals surface area contributed by atoms with Crippen molar-refractivity contribution >= 4 is 17.8 Å². The van der Waals surface area contributed by atoms with Crippen LogP contribution in [0.5, 0.6) is 11.5 Å². The fourth-order valence-electron chi connectivity index (χ4n) is 2.17. The molecule has 0 aliphatic rings. The molecule has 3 aromatic rings. The second-order valence-corrected chi connectivity index (χ2v) is 5.55. The molecule has 3 aromatic carbocycles. The quantitative estimate of drug-likeness (QED) is 0.492. The van der Waals surface area contributed by atoms with Gasteiger partial charge in [-0.25, -0.2) is 4.39 Å². The molecule has 0 aromatic heterocycles. The van der Waals surface area contributed by atoms with Crippen LogP contribution in [-0.4, -0.2) is 18.7 Å². The predicted octanol–water partition coefficient (Wildman–Crippen LogP) is 4.61. The Balaban J connectivity index is 1.44. The number of hydrogen-bond acceptors (Lipinski definition) is 4. The normalized spacial score (nSPS) is 10.6. The Morgan fingerprint density at radius 3 is 2.30 bits per heavy atom. The molecule has 0 unspecified atom stereocenters. The van der Waals surface area contributed by atoms with Gasteiger partial charge in [-0.1, -0.05) is 35.5 Å². The monoisotopic (exact) mass is 364 g/mol. The van der Waals surface area contributed by atoms with Crippen LogP contribution in [0, 0.1) is 5.82 Å². The maximum Gasteiger partial charge on any atom is 0.265 e. The number of hydrogen-bond donors (Lipinski definition) is 1. The zero-order valence-electron chi connectivity index (χ0n) is 14.3. The molecule has 0 heterocycles. The van der Waals surface area contributed by atoms with Gasteiger partial charge in [0.25, 0.3) is 5.91 Å². The summed E-state index contributed by atoms with van der Waals surface area (Å²) in [5.41, 5.74) is 1.29. The number of oxime groups is 1. The summed E-state index contributed by atoms with van der Waals surface area (Å²) in [6.45, 7) is -0.236. The third-order valence-corrected chi connectivity index (χ3v) is 3.46. The predicted molar refractivity (Wildman–Crippen MR) is 102 cm³/mol. The van der Waals surface area contributed by atoms with Gasteiger partial charge in [-0.15, -0.1) is 0 Å². The lowest BCUT2D eigenvalue weighted by Crippen LogP contribution is -2.16. The number of anilines is 1. The summed E-state index contributed by atoms with van der Waals surface area (Å²) in [5, 5.41) is 6.38. The molecule has 3 rings (SSSR count). The van der Waals surface area contributed by atoms with E-state index in [4.69, 9.17) is 9.57 Å². The van der Waals surface area contributed by atoms with Gasteiger partial charge >= 0.3 is 0 Å². The SMILES string of the molecule is O=C(CO/N=C/c1ccc(F)cc1)Nc1ccc(Oc2ccccc2)cc1. The summed E-state index contributed by atoms with van der Waals surface area (Å²) in [5.74, 6) is 0.733. The number of nitrogens with one attached hydrogen (secondary N) is 1. The van der Waals surface area contributed by atoms with Gasteiger partial charge in [0.2, 0.25) is 0 Å². The topological polar surface area (TPSA) is 59.9 Å². The number of ether oxygens (including phenoxy) is 1. The lowest BCUT2D eigenvalue weighted by molar-refractivity contribution is -0.120. The van der Waals surface area contributed by atoms with E-state index in [1.165, 1.54) is 18.3 Å². The summed E-state index contributed by atoms with van der Waals surface area (Å²) in [4.78, 5) is 16.8. The summed E-state index contributed by atoms with van der Waals surface area (Å²) < 4.78 is 18.5. The van der Waals surface area contributed by atoms with Gasteiger partial charge in [0.15, 0.2) is 6.61 Å². The number of carbonyl (C=O) groups excluding carboxylic acids is 1. The lowest BCUT2D eigenvalue weighted by atomic mass is 10.2. The Morgan fingerprint density at radius 1 is 0.926 bits per heavy atom. The number of benzene rings is 3. The Hall–Kier alpha value is -3.67. The molecule has 0 saturated heterocycles. The molecular weight excluding hydrogens is 347 g/mol. The average molecular weight is 364 g/mol. The smallest absolute Gasteiger partial charge is 0.265 e. The standard InChI is InChI=1S/C21H17FN2O3/c22-17-8-6-16(7-9-17)14-23-26-15-21(25)24-18-10-12-20(13-11-18)27-19-4-2-1-3-5-19/h1-14H,15H2,(H,24,25)/b23-14+. The molecule has 1 amide bonds. The largest absolute Gasteiger partial charge is 0.457 e. The minimum atomic E-state index is -0.344. The van der Waals surface area contributed by atoms with Crippen molar-refractivity contribution in [3.63, 3.8) is 0 Å². The number of nitrogens with zero attached hydrogens (tertiary/aromatic N) is 1. The second kappa shape index (κ2) is 9.15. The van der Waals surface area contributed by atoms with Crippen LogP contribution in [0.2, 0.25) is 0 Å². The number of carbonyl (C=O) groups is 1. The first kappa shape index (κ1) is 18.1. The number of rotatable bonds is 7. The highest BCUT2D eigenvalue weighted by Crippen LogP contribution is 2.22. The molecule has 1 N–H and O–H groups in total. The van der Waals surface area contributed by atoms with Crippen LogP contribution >= 0.6 is 0 Å². The molecule has 0 saturated carbocycles. The number of amides is 1. The van der Waals surface area contributed by atoms with Crippen molar-refractivity contribution in [3.05, 3.63) is 90.2 Å². The molecular formula is C21H17FN2O3. The van der Waals surface area contributed by atoms with E-state index in [0.717, 1.165) is 5.75 Å². The Bertz CT molecular complexity index is 895. The van der Waals surface area contributed by atoms with Crippen LogP contribution < -0.4 is 10.1 Å². The molecule has 0 aliphatic heterocycles. The maximum absolute atomic E-state index is 12.8. The van der Waals surface area contributed by atoms with E-state index in [0.29, 0.717) is 17.0 Å². The second-order valence-electron chi connectivity index (χ2n) is 5.55. The van der Waals surface area contributed by atoms with Gasteiger partial charge in [-0.2, -0.15) is 0 Å². The van der Waals surface area contributed by atoms with E-state index in [2.05, 4.69) is 10.5 Å². The zero-order valence-corrected chi connectivity index (χ0v) is 14.3. The first-order valence-corrected chi connectivity index (χ1v) is 8.23. The lowest BCUT2D eigenvalue weighted by Gasteiger charge is -2.07. The third kappa shape index (κ3) is 5.97. The van der Waals surface area contributed by atoms with Gasteiger partial charge < -0.3 is 14.9 Å². The van der Waals surface area contributed by atoms with E-state index in [1.807, 2.05) is 30.3 Å². The fraction of sp³-hybridized carbons (Fsp3) is 0.0476. The molecule has 0 bridgehead atoms. The Labute approximate surface area is 156 Å². The summed E-state index contributed by atoms with van der Waals surface area (Å²) >= 11 is 0. The first-order valence-electron chi connectivity index (χ1n) is 8.23. The van der Waals surface area contributed by atoms with Crippen molar-refractivity contribution in [2.75, 3.05) is 11.9 Å². The molecule has 0 aliphatic carbocycles. The van der Waals surface area contributed by atoms with Crippen molar-refractivity contribution < 1.29 is 18.8 Å². The van der Waals surface area contributed by atoms with Crippen LogP contribution in [0.15, 0.2) is 84.0 Å². The van der Waals surface area contributed by atoms with E-state index in [1.54, 1.807) is 36.4 Å². The fourth-order valence-corrected chi connectivity index (χ4v) is 2.17. The highest BCUT2D eigenvalue weighted by atomic mass is 19.1. The van der Waals surface area contributed by atoms with E-state index < -0.39 is 0 Å². The molecule has 6 heteroatoms. The van der Waals surface area contributed by atoms with Crippen LogP contribution in [0.1, 0.15) is 5.56 Å². The minimum absolute atomic E-state index is 0.236. The molecule has 0 radical (unpaired) electrons. The van der Waals surface area contributed by atoms with E-state index >= 15 is 0 Å². The molecule has 27 heavy (non-hydrogen) atoms. The molecule has 0 atom stereocenters. The van der Waals surface area contributed by atoms with Gasteiger partial charge in [-0.3, -0.25) is 4.79 Å². The first-order chi connectivity index (χ1) is 13.2. The Morgan fingerprint density at radius 2 is 1.59 bits per heavy atom. The highest BCUT2D eigenvalue weighted by Gasteiger charge is 2.03. The van der Waals surface area contributed by atoms with Crippen molar-refractivity contribution in [2.45, 2.75) is 0 Å². The van der Waals surface area contributed by atoms with Crippen molar-refractivity contribution in [2.24, 2.45) is 5.16 Å². The molecule has 136 valence electrons. The number of para-hydroxylation sites is 1. The maximum atomic E-state index is 12.8. The highest BCUT2D eigenvalue weighted by molar-refractivity contribution is 5.91. The van der Waals surface area contributed by atoms with Gasteiger partial charge in [-0.05, 0) is 54.1 Å². The average Bonchev–Trinajstić information content (AvgIpc) is 2.69. The van der Waals surface area contributed by atoms with Crippen LogP contribution in [0.4, 0.5) is 10.1 Å². The number of halogens is 1. The minimum Gasteiger partial charge on any atom is -0.457 e. The summed E-state index contributed by atoms with van der Waals surface area (Å²) in [6, 6.07) is 22.2. The van der Waals surface area contributed by atoms with Gasteiger partial charge in [0, 0.05) is 5.69 Å². The zero-order chi connectivity index (χ0) is 18.9. The van der Waals surface area contributed by atoms with Crippen molar-refractivity contribution in [1.82, 2.24) is 0 Å². The van der Waals surface area contributed by atoms with Crippen molar-refractivity contribution in [3.8, 4) is 11.5 Å². The summed E-state index contributed by atoms with van der Waals surface area (Å²) in [7, 11) is 0. The molecule has 5 nitrogen and oxygen atoms in total. The van der Waals surface area contributed by atoms with Crippen LogP contribution in [0.3, 0.4) is 0 Å². The Kier molecular flexibility index (Phi) is 6.14. The molecule has 0 fully saturated rings. The van der Waals surface area contributed by atoms with E-state index in [-0.39, 0.29) is 18.3 Å².